The number of ether oxygens (including phenoxy) is 2. The van der Waals surface area contributed by atoms with E-state index in [1.807, 2.05) is 35.7 Å². The molecule has 1 N–H and O–H groups in total. The lowest BCUT2D eigenvalue weighted by Gasteiger charge is -2.25. The fourth-order valence-corrected chi connectivity index (χ4v) is 3.39. The van der Waals surface area contributed by atoms with Crippen LogP contribution in [0.3, 0.4) is 0 Å². The lowest BCUT2D eigenvalue weighted by atomic mass is 9.95. The summed E-state index contributed by atoms with van der Waals surface area (Å²) in [6, 6.07) is 9.81. The van der Waals surface area contributed by atoms with E-state index in [0.717, 1.165) is 21.9 Å². The molecule has 0 fully saturated rings. The van der Waals surface area contributed by atoms with Crippen LogP contribution in [0, 0.1) is 5.92 Å². The average Bonchev–Trinajstić information content (AvgIpc) is 3.05. The van der Waals surface area contributed by atoms with Crippen molar-refractivity contribution in [1.29, 1.82) is 0 Å². The van der Waals surface area contributed by atoms with Gasteiger partial charge in [0.25, 0.3) is 0 Å². The molecule has 1 aromatic carbocycles. The minimum atomic E-state index is -0.0433. The van der Waals surface area contributed by atoms with Crippen LogP contribution in [0.1, 0.15) is 30.3 Å². The van der Waals surface area contributed by atoms with Crippen LogP contribution in [0.25, 0.3) is 0 Å². The van der Waals surface area contributed by atoms with Gasteiger partial charge >= 0.3 is 0 Å². The highest BCUT2D eigenvalue weighted by Crippen LogP contribution is 2.34. The molecule has 1 aliphatic rings. The minimum Gasteiger partial charge on any atom is -0.486 e. The molecular formula is C18H21NO3S. The maximum absolute atomic E-state index is 12.3. The van der Waals surface area contributed by atoms with Gasteiger partial charge in [0.2, 0.25) is 5.91 Å². The smallest absolute Gasteiger partial charge is 0.225 e. The van der Waals surface area contributed by atoms with Crippen molar-refractivity contribution in [2.24, 2.45) is 5.92 Å². The molecule has 0 saturated carbocycles. The fraction of sp³-hybridized carbons (Fsp3) is 0.389. The molecule has 1 aliphatic heterocycles. The van der Waals surface area contributed by atoms with E-state index in [4.69, 9.17) is 9.47 Å². The van der Waals surface area contributed by atoms with Crippen molar-refractivity contribution >= 4 is 17.2 Å². The zero-order chi connectivity index (χ0) is 16.2. The molecule has 23 heavy (non-hydrogen) atoms. The number of rotatable bonds is 5. The van der Waals surface area contributed by atoms with Crippen molar-refractivity contribution < 1.29 is 14.3 Å². The van der Waals surface area contributed by atoms with E-state index in [-0.39, 0.29) is 17.9 Å². The molecule has 3 rings (SSSR count). The molecule has 1 unspecified atom stereocenters. The van der Waals surface area contributed by atoms with Crippen LogP contribution in [0.2, 0.25) is 0 Å². The van der Waals surface area contributed by atoms with Gasteiger partial charge in [-0.15, -0.1) is 11.3 Å². The van der Waals surface area contributed by atoms with Gasteiger partial charge < -0.3 is 14.8 Å². The van der Waals surface area contributed by atoms with Gasteiger partial charge in [0.15, 0.2) is 11.5 Å². The standard InChI is InChI=1S/C18H21NO3S/c1-12(2)18(19-17(20)11-14-4-3-9-23-14)13-5-6-15-16(10-13)22-8-7-21-15/h3-6,9-10,12,18H,7-8,11H2,1-2H3,(H,19,20). The van der Waals surface area contributed by atoms with E-state index in [9.17, 15) is 4.79 Å². The molecule has 4 nitrogen and oxygen atoms in total. The number of fused-ring (bicyclic) bond motifs is 1. The summed E-state index contributed by atoms with van der Waals surface area (Å²) in [6.45, 7) is 5.35. The normalized spacial score (nSPS) is 14.6. The Hall–Kier alpha value is -2.01. The molecule has 0 aliphatic carbocycles. The summed E-state index contributed by atoms with van der Waals surface area (Å²) in [5.41, 5.74) is 1.05. The zero-order valence-corrected chi connectivity index (χ0v) is 14.2. The number of thiophene rings is 1. The predicted molar refractivity (Wildman–Crippen MR) is 91.2 cm³/mol. The Kier molecular flexibility index (Phi) is 4.86. The number of nitrogens with one attached hydrogen (secondary N) is 1. The Balaban J connectivity index is 1.74. The SMILES string of the molecule is CC(C)C(NC(=O)Cc1cccs1)c1ccc2c(c1)OCCO2. The van der Waals surface area contributed by atoms with Crippen LogP contribution in [-0.2, 0) is 11.2 Å². The first-order valence-corrected chi connectivity index (χ1v) is 8.73. The summed E-state index contributed by atoms with van der Waals surface area (Å²) >= 11 is 1.60. The summed E-state index contributed by atoms with van der Waals surface area (Å²) < 4.78 is 11.2. The fourth-order valence-electron chi connectivity index (χ4n) is 2.68. The molecule has 1 amide bonds. The highest BCUT2D eigenvalue weighted by atomic mass is 32.1. The van der Waals surface area contributed by atoms with Crippen molar-refractivity contribution in [1.82, 2.24) is 5.32 Å². The van der Waals surface area contributed by atoms with Crippen molar-refractivity contribution in [2.45, 2.75) is 26.3 Å². The minimum absolute atomic E-state index is 0.0426. The highest BCUT2D eigenvalue weighted by molar-refractivity contribution is 7.10. The van der Waals surface area contributed by atoms with E-state index >= 15 is 0 Å². The number of benzene rings is 1. The van der Waals surface area contributed by atoms with Gasteiger partial charge in [-0.25, -0.2) is 0 Å². The summed E-state index contributed by atoms with van der Waals surface area (Å²) in [4.78, 5) is 13.4. The molecule has 122 valence electrons. The van der Waals surface area contributed by atoms with Gasteiger partial charge in [-0.1, -0.05) is 26.0 Å². The van der Waals surface area contributed by atoms with E-state index in [0.29, 0.717) is 19.6 Å². The molecule has 5 heteroatoms. The molecule has 0 saturated heterocycles. The van der Waals surface area contributed by atoms with E-state index in [1.165, 1.54) is 0 Å². The molecule has 2 aromatic rings. The summed E-state index contributed by atoms with van der Waals surface area (Å²) in [5, 5.41) is 5.14. The molecular weight excluding hydrogens is 310 g/mol. The molecule has 1 atom stereocenters. The van der Waals surface area contributed by atoms with Crippen LogP contribution in [0.15, 0.2) is 35.7 Å². The van der Waals surface area contributed by atoms with Gasteiger partial charge in [0.05, 0.1) is 12.5 Å². The Labute approximate surface area is 140 Å². The first-order chi connectivity index (χ1) is 11.1. The summed E-state index contributed by atoms with van der Waals surface area (Å²) in [7, 11) is 0. The predicted octanol–water partition coefficient (Wildman–Crippen LogP) is 3.58. The van der Waals surface area contributed by atoms with E-state index in [2.05, 4.69) is 19.2 Å². The Morgan fingerprint density at radius 2 is 2.00 bits per heavy atom. The Bertz CT molecular complexity index is 667. The van der Waals surface area contributed by atoms with Crippen molar-refractivity contribution in [3.8, 4) is 11.5 Å². The average molecular weight is 331 g/mol. The quantitative estimate of drug-likeness (QED) is 0.911. The topological polar surface area (TPSA) is 47.6 Å². The number of amides is 1. The second kappa shape index (κ2) is 7.04. The van der Waals surface area contributed by atoms with Crippen LogP contribution < -0.4 is 14.8 Å². The summed E-state index contributed by atoms with van der Waals surface area (Å²) in [6.07, 6.45) is 0.422. The summed E-state index contributed by atoms with van der Waals surface area (Å²) in [5.74, 6) is 1.85. The number of hydrogen-bond donors (Lipinski definition) is 1. The van der Waals surface area contributed by atoms with Crippen LogP contribution >= 0.6 is 11.3 Å². The van der Waals surface area contributed by atoms with Gasteiger partial charge in [-0.2, -0.15) is 0 Å². The second-order valence-corrected chi connectivity index (χ2v) is 6.98. The third-order valence-corrected chi connectivity index (χ3v) is 4.70. The van der Waals surface area contributed by atoms with Crippen molar-refractivity contribution in [2.75, 3.05) is 13.2 Å². The van der Waals surface area contributed by atoms with E-state index < -0.39 is 0 Å². The Morgan fingerprint density at radius 3 is 2.70 bits per heavy atom. The first-order valence-electron chi connectivity index (χ1n) is 7.85. The highest BCUT2D eigenvalue weighted by Gasteiger charge is 2.21. The molecule has 0 bridgehead atoms. The number of carbonyl (C=O) groups is 1. The van der Waals surface area contributed by atoms with E-state index in [1.54, 1.807) is 11.3 Å². The molecule has 0 spiro atoms. The molecule has 1 aromatic heterocycles. The van der Waals surface area contributed by atoms with Gasteiger partial charge in [0, 0.05) is 4.88 Å². The maximum Gasteiger partial charge on any atom is 0.225 e. The monoisotopic (exact) mass is 331 g/mol. The van der Waals surface area contributed by atoms with Crippen molar-refractivity contribution in [3.05, 3.63) is 46.2 Å². The maximum atomic E-state index is 12.3. The third-order valence-electron chi connectivity index (χ3n) is 3.82. The second-order valence-electron chi connectivity index (χ2n) is 5.95. The van der Waals surface area contributed by atoms with Crippen LogP contribution in [0.4, 0.5) is 0 Å². The number of hydrogen-bond acceptors (Lipinski definition) is 4. The first kappa shape index (κ1) is 15.9. The third kappa shape index (κ3) is 3.85. The number of carbonyl (C=O) groups excluding carboxylic acids is 1. The lowest BCUT2D eigenvalue weighted by molar-refractivity contribution is -0.121. The van der Waals surface area contributed by atoms with Gasteiger partial charge in [0.1, 0.15) is 13.2 Å². The largest absolute Gasteiger partial charge is 0.486 e. The lowest BCUT2D eigenvalue weighted by Crippen LogP contribution is -2.32. The molecule has 0 radical (unpaired) electrons. The zero-order valence-electron chi connectivity index (χ0n) is 13.4. The molecule has 2 heterocycles. The van der Waals surface area contributed by atoms with Gasteiger partial charge in [-0.05, 0) is 35.1 Å². The van der Waals surface area contributed by atoms with Crippen LogP contribution in [-0.4, -0.2) is 19.1 Å². The van der Waals surface area contributed by atoms with Crippen molar-refractivity contribution in [3.63, 3.8) is 0 Å². The van der Waals surface area contributed by atoms with Crippen LogP contribution in [0.5, 0.6) is 11.5 Å². The van der Waals surface area contributed by atoms with Gasteiger partial charge in [-0.3, -0.25) is 4.79 Å². The Morgan fingerprint density at radius 1 is 1.22 bits per heavy atom.